The van der Waals surface area contributed by atoms with Crippen LogP contribution in [0.3, 0.4) is 0 Å². The summed E-state index contributed by atoms with van der Waals surface area (Å²) in [7, 11) is 1.68. The molecule has 2 nitrogen and oxygen atoms in total. The first-order valence-corrected chi connectivity index (χ1v) is 4.20. The number of benzene rings is 1. The molecule has 0 aliphatic rings. The topological polar surface area (TPSA) is 22.1 Å². The van der Waals surface area contributed by atoms with Gasteiger partial charge in [0.1, 0.15) is 5.75 Å². The lowest BCUT2D eigenvalue weighted by molar-refractivity contribution is 0.419. The van der Waals surface area contributed by atoms with Gasteiger partial charge in [-0.1, -0.05) is 12.1 Å². The average Bonchev–Trinajstić information content (AvgIpc) is 2.16. The minimum atomic E-state index is 0.880. The van der Waals surface area contributed by atoms with Gasteiger partial charge < -0.3 is 4.74 Å². The van der Waals surface area contributed by atoms with Gasteiger partial charge in [-0.15, -0.1) is 0 Å². The predicted molar refractivity (Wildman–Crippen MR) is 53.0 cm³/mol. The monoisotopic (exact) mass is 173 g/mol. The van der Waals surface area contributed by atoms with Crippen LogP contribution in [0.4, 0.5) is 0 Å². The molecule has 1 heterocycles. The van der Waals surface area contributed by atoms with Crippen molar-refractivity contribution in [2.24, 2.45) is 0 Å². The Hall–Kier alpha value is -1.57. The summed E-state index contributed by atoms with van der Waals surface area (Å²) in [6.07, 6.45) is 1.85. The van der Waals surface area contributed by atoms with Gasteiger partial charge >= 0.3 is 0 Å². The summed E-state index contributed by atoms with van der Waals surface area (Å²) in [6.45, 7) is 1.99. The van der Waals surface area contributed by atoms with Crippen LogP contribution in [0.25, 0.3) is 10.8 Å². The van der Waals surface area contributed by atoms with Gasteiger partial charge in [0.25, 0.3) is 0 Å². The molecule has 1 aromatic carbocycles. The minimum Gasteiger partial charge on any atom is -0.496 e. The zero-order valence-electron chi connectivity index (χ0n) is 7.74. The predicted octanol–water partition coefficient (Wildman–Crippen LogP) is 2.55. The number of nitrogens with zero attached hydrogens (tertiary/aromatic N) is 1. The van der Waals surface area contributed by atoms with E-state index in [0.29, 0.717) is 0 Å². The fourth-order valence-electron chi connectivity index (χ4n) is 1.43. The number of methoxy groups -OCH3 is 1. The Labute approximate surface area is 77.2 Å². The molecule has 0 radical (unpaired) electrons. The first-order chi connectivity index (χ1) is 6.31. The molecule has 1 aromatic heterocycles. The van der Waals surface area contributed by atoms with Crippen molar-refractivity contribution in [3.8, 4) is 5.75 Å². The summed E-state index contributed by atoms with van der Waals surface area (Å²) in [5.74, 6) is 0.880. The van der Waals surface area contributed by atoms with Crippen molar-refractivity contribution in [3.63, 3.8) is 0 Å². The highest BCUT2D eigenvalue weighted by Crippen LogP contribution is 2.24. The molecule has 66 valence electrons. The molecule has 0 bridgehead atoms. The lowest BCUT2D eigenvalue weighted by atomic mass is 10.1. The van der Waals surface area contributed by atoms with Gasteiger partial charge in [-0.3, -0.25) is 4.98 Å². The van der Waals surface area contributed by atoms with Crippen molar-refractivity contribution in [1.82, 2.24) is 4.98 Å². The van der Waals surface area contributed by atoms with Crippen molar-refractivity contribution < 1.29 is 4.74 Å². The maximum absolute atomic E-state index is 5.23. The normalized spacial score (nSPS) is 10.3. The second kappa shape index (κ2) is 3.05. The third-order valence-corrected chi connectivity index (χ3v) is 2.08. The van der Waals surface area contributed by atoms with Gasteiger partial charge in [-0.05, 0) is 24.4 Å². The number of hydrogen-bond donors (Lipinski definition) is 0. The Morgan fingerprint density at radius 2 is 2.15 bits per heavy atom. The fourth-order valence-corrected chi connectivity index (χ4v) is 1.43. The van der Waals surface area contributed by atoms with Gasteiger partial charge in [-0.25, -0.2) is 0 Å². The number of hydrogen-bond acceptors (Lipinski definition) is 2. The molecule has 2 aromatic rings. The first kappa shape index (κ1) is 8.05. The van der Waals surface area contributed by atoms with E-state index in [1.165, 1.54) is 5.39 Å². The maximum atomic E-state index is 5.23. The number of pyridine rings is 1. The molecule has 0 aliphatic heterocycles. The molecule has 0 aliphatic carbocycles. The molecule has 0 fully saturated rings. The van der Waals surface area contributed by atoms with E-state index in [4.69, 9.17) is 4.74 Å². The van der Waals surface area contributed by atoms with Crippen LogP contribution in [0, 0.1) is 6.92 Å². The average molecular weight is 173 g/mol. The number of ether oxygens (including phenoxy) is 1. The zero-order chi connectivity index (χ0) is 9.26. The number of fused-ring (bicyclic) bond motifs is 1. The number of rotatable bonds is 1. The molecule has 0 saturated heterocycles. The van der Waals surface area contributed by atoms with Crippen LogP contribution in [0.5, 0.6) is 5.75 Å². The van der Waals surface area contributed by atoms with Crippen molar-refractivity contribution >= 4 is 10.8 Å². The van der Waals surface area contributed by atoms with E-state index >= 15 is 0 Å². The van der Waals surface area contributed by atoms with Crippen LogP contribution >= 0.6 is 0 Å². The highest BCUT2D eigenvalue weighted by Gasteiger charge is 2.00. The Morgan fingerprint density at radius 3 is 2.92 bits per heavy atom. The Balaban J connectivity index is 2.77. The van der Waals surface area contributed by atoms with Crippen LogP contribution in [-0.2, 0) is 0 Å². The molecule has 2 heteroatoms. The van der Waals surface area contributed by atoms with Crippen LogP contribution in [0.1, 0.15) is 5.69 Å². The Morgan fingerprint density at radius 1 is 1.31 bits per heavy atom. The van der Waals surface area contributed by atoms with Crippen LogP contribution in [0.2, 0.25) is 0 Å². The quantitative estimate of drug-likeness (QED) is 0.661. The summed E-state index contributed by atoms with van der Waals surface area (Å²) in [5.41, 5.74) is 1.03. The standard InChI is InChI=1S/C11H11NO/c1-8-6-9-4-3-5-11(13-2)10(9)7-12-8/h3-7H,1-2H3. The van der Waals surface area contributed by atoms with Gasteiger partial charge in [0.05, 0.1) is 7.11 Å². The van der Waals surface area contributed by atoms with Crippen LogP contribution < -0.4 is 4.74 Å². The second-order valence-electron chi connectivity index (χ2n) is 3.01. The summed E-state index contributed by atoms with van der Waals surface area (Å²) < 4.78 is 5.23. The minimum absolute atomic E-state index is 0.880. The third-order valence-electron chi connectivity index (χ3n) is 2.08. The molecule has 13 heavy (non-hydrogen) atoms. The Kier molecular flexibility index (Phi) is 1.89. The maximum Gasteiger partial charge on any atom is 0.128 e. The molecule has 0 atom stereocenters. The van der Waals surface area contributed by atoms with E-state index in [-0.39, 0.29) is 0 Å². The first-order valence-electron chi connectivity index (χ1n) is 4.20. The van der Waals surface area contributed by atoms with Gasteiger partial charge in [0, 0.05) is 17.3 Å². The van der Waals surface area contributed by atoms with E-state index in [2.05, 4.69) is 17.1 Å². The molecule has 0 saturated carbocycles. The van der Waals surface area contributed by atoms with Gasteiger partial charge in [0.2, 0.25) is 0 Å². The second-order valence-corrected chi connectivity index (χ2v) is 3.01. The van der Waals surface area contributed by atoms with E-state index in [0.717, 1.165) is 16.8 Å². The summed E-state index contributed by atoms with van der Waals surface area (Å²) in [4.78, 5) is 4.24. The molecule has 0 N–H and O–H groups in total. The highest BCUT2D eigenvalue weighted by atomic mass is 16.5. The molecule has 2 rings (SSSR count). The Bertz CT molecular complexity index is 437. The largest absolute Gasteiger partial charge is 0.496 e. The highest BCUT2D eigenvalue weighted by molar-refractivity contribution is 5.87. The van der Waals surface area contributed by atoms with E-state index in [1.54, 1.807) is 7.11 Å². The lowest BCUT2D eigenvalue weighted by Gasteiger charge is -2.04. The SMILES string of the molecule is COc1cccc2cc(C)ncc12. The van der Waals surface area contributed by atoms with Crippen LogP contribution in [-0.4, -0.2) is 12.1 Å². The number of aryl methyl sites for hydroxylation is 1. The molecular weight excluding hydrogens is 162 g/mol. The smallest absolute Gasteiger partial charge is 0.128 e. The fraction of sp³-hybridized carbons (Fsp3) is 0.182. The summed E-state index contributed by atoms with van der Waals surface area (Å²) in [5, 5.41) is 2.24. The number of aromatic nitrogens is 1. The zero-order valence-corrected chi connectivity index (χ0v) is 7.74. The summed E-state index contributed by atoms with van der Waals surface area (Å²) >= 11 is 0. The van der Waals surface area contributed by atoms with E-state index < -0.39 is 0 Å². The van der Waals surface area contributed by atoms with Crippen molar-refractivity contribution in [2.75, 3.05) is 7.11 Å². The van der Waals surface area contributed by atoms with Crippen LogP contribution in [0.15, 0.2) is 30.5 Å². The van der Waals surface area contributed by atoms with Gasteiger partial charge in [-0.2, -0.15) is 0 Å². The van der Waals surface area contributed by atoms with E-state index in [9.17, 15) is 0 Å². The third kappa shape index (κ3) is 1.35. The lowest BCUT2D eigenvalue weighted by Crippen LogP contribution is -1.86. The van der Waals surface area contributed by atoms with E-state index in [1.807, 2.05) is 25.3 Å². The molecule has 0 unspecified atom stereocenters. The van der Waals surface area contributed by atoms with Crippen molar-refractivity contribution in [2.45, 2.75) is 6.92 Å². The molecular formula is C11H11NO. The van der Waals surface area contributed by atoms with Crippen molar-refractivity contribution in [1.29, 1.82) is 0 Å². The molecule has 0 spiro atoms. The molecule has 0 amide bonds. The summed E-state index contributed by atoms with van der Waals surface area (Å²) in [6, 6.07) is 8.05. The van der Waals surface area contributed by atoms with Crippen molar-refractivity contribution in [3.05, 3.63) is 36.2 Å². The van der Waals surface area contributed by atoms with Gasteiger partial charge in [0.15, 0.2) is 0 Å².